The number of rotatable bonds is 4. The molecule has 0 unspecified atom stereocenters. The number of carbonyl (C=O) groups excluding carboxylic acids is 1. The Balaban J connectivity index is 2.42. The average molecular weight is 181 g/mol. The summed E-state index contributed by atoms with van der Waals surface area (Å²) in [6.07, 6.45) is 6.56. The quantitative estimate of drug-likeness (QED) is 0.667. The molecule has 0 spiro atoms. The van der Waals surface area contributed by atoms with Crippen LogP contribution in [-0.4, -0.2) is 10.8 Å². The Morgan fingerprint density at radius 2 is 2.58 bits per heavy atom. The lowest BCUT2D eigenvalue weighted by Crippen LogP contribution is -1.97. The molecule has 0 atom stereocenters. The SMILES string of the molecule is CC/C=C/C(=O)Cc1nccs1. The molecule has 12 heavy (non-hydrogen) atoms. The average Bonchev–Trinajstić information content (AvgIpc) is 2.53. The number of hydrogen-bond acceptors (Lipinski definition) is 3. The molecule has 0 fully saturated rings. The van der Waals surface area contributed by atoms with Gasteiger partial charge < -0.3 is 0 Å². The summed E-state index contributed by atoms with van der Waals surface area (Å²) in [7, 11) is 0. The molecular weight excluding hydrogens is 170 g/mol. The second-order valence-corrected chi connectivity index (χ2v) is 3.36. The maximum Gasteiger partial charge on any atom is 0.162 e. The number of aromatic nitrogens is 1. The zero-order valence-corrected chi connectivity index (χ0v) is 7.80. The van der Waals surface area contributed by atoms with Crippen LogP contribution in [0.25, 0.3) is 0 Å². The lowest BCUT2D eigenvalue weighted by Gasteiger charge is -1.88. The first-order valence-electron chi connectivity index (χ1n) is 3.90. The molecule has 0 radical (unpaired) electrons. The van der Waals surface area contributed by atoms with Crippen LogP contribution >= 0.6 is 11.3 Å². The third kappa shape index (κ3) is 2.96. The molecule has 0 saturated heterocycles. The monoisotopic (exact) mass is 181 g/mol. The summed E-state index contributed by atoms with van der Waals surface area (Å²) in [6, 6.07) is 0. The number of nitrogens with zero attached hydrogens (tertiary/aromatic N) is 1. The van der Waals surface area contributed by atoms with E-state index in [4.69, 9.17) is 0 Å². The van der Waals surface area contributed by atoms with Crippen molar-refractivity contribution in [3.05, 3.63) is 28.7 Å². The predicted octanol–water partition coefficient (Wildman–Crippen LogP) is 2.22. The molecule has 1 rings (SSSR count). The number of ketones is 1. The summed E-state index contributed by atoms with van der Waals surface area (Å²) in [5.41, 5.74) is 0. The largest absolute Gasteiger partial charge is 0.294 e. The van der Waals surface area contributed by atoms with Gasteiger partial charge in [-0.2, -0.15) is 0 Å². The summed E-state index contributed by atoms with van der Waals surface area (Å²) in [6.45, 7) is 2.01. The Labute approximate surface area is 76.0 Å². The second-order valence-electron chi connectivity index (χ2n) is 2.38. The van der Waals surface area contributed by atoms with Crippen LogP contribution in [0.15, 0.2) is 23.7 Å². The van der Waals surface area contributed by atoms with Crippen molar-refractivity contribution < 1.29 is 4.79 Å². The van der Waals surface area contributed by atoms with Crippen LogP contribution in [0.4, 0.5) is 0 Å². The highest BCUT2D eigenvalue weighted by molar-refractivity contribution is 7.09. The number of thiazole rings is 1. The maximum atomic E-state index is 11.1. The van der Waals surface area contributed by atoms with E-state index in [0.29, 0.717) is 6.42 Å². The van der Waals surface area contributed by atoms with Gasteiger partial charge in [0.15, 0.2) is 5.78 Å². The lowest BCUT2D eigenvalue weighted by molar-refractivity contribution is -0.114. The zero-order valence-electron chi connectivity index (χ0n) is 6.99. The van der Waals surface area contributed by atoms with E-state index < -0.39 is 0 Å². The summed E-state index contributed by atoms with van der Waals surface area (Å²) in [5, 5.41) is 2.77. The summed E-state index contributed by atoms with van der Waals surface area (Å²) in [5.74, 6) is 0.131. The van der Waals surface area contributed by atoms with Crippen LogP contribution in [0.1, 0.15) is 18.4 Å². The Kier molecular flexibility index (Phi) is 3.67. The van der Waals surface area contributed by atoms with E-state index in [2.05, 4.69) is 4.98 Å². The molecule has 0 N–H and O–H groups in total. The molecular formula is C9H11NOS. The van der Waals surface area contributed by atoms with E-state index in [1.165, 1.54) is 11.3 Å². The van der Waals surface area contributed by atoms with Gasteiger partial charge in [-0.25, -0.2) is 4.98 Å². The fourth-order valence-electron chi connectivity index (χ4n) is 0.798. The third-order valence-corrected chi connectivity index (χ3v) is 2.13. The van der Waals surface area contributed by atoms with E-state index in [1.54, 1.807) is 12.3 Å². The summed E-state index contributed by atoms with van der Waals surface area (Å²) in [4.78, 5) is 15.2. The van der Waals surface area contributed by atoms with Crippen LogP contribution in [0.3, 0.4) is 0 Å². The van der Waals surface area contributed by atoms with Gasteiger partial charge in [-0.05, 0) is 12.5 Å². The maximum absolute atomic E-state index is 11.1. The number of allylic oxidation sites excluding steroid dienone is 2. The standard InChI is InChI=1S/C9H11NOS/c1-2-3-4-8(11)7-9-10-5-6-12-9/h3-6H,2,7H2,1H3/b4-3+. The van der Waals surface area contributed by atoms with E-state index in [1.807, 2.05) is 18.4 Å². The first kappa shape index (κ1) is 9.13. The predicted molar refractivity (Wildman–Crippen MR) is 50.3 cm³/mol. The molecule has 0 bridgehead atoms. The van der Waals surface area contributed by atoms with Crippen molar-refractivity contribution in [3.63, 3.8) is 0 Å². The van der Waals surface area contributed by atoms with E-state index in [0.717, 1.165) is 11.4 Å². The molecule has 1 heterocycles. The van der Waals surface area contributed by atoms with Crippen molar-refractivity contribution in [3.8, 4) is 0 Å². The first-order valence-corrected chi connectivity index (χ1v) is 4.78. The van der Waals surface area contributed by atoms with Crippen molar-refractivity contribution in [1.82, 2.24) is 4.98 Å². The molecule has 0 aliphatic carbocycles. The Hall–Kier alpha value is -0.960. The van der Waals surface area contributed by atoms with Crippen molar-refractivity contribution >= 4 is 17.1 Å². The molecule has 0 saturated carbocycles. The molecule has 0 aliphatic heterocycles. The first-order chi connectivity index (χ1) is 5.83. The van der Waals surface area contributed by atoms with Gasteiger partial charge in [-0.3, -0.25) is 4.79 Å². The summed E-state index contributed by atoms with van der Waals surface area (Å²) >= 11 is 1.52. The van der Waals surface area contributed by atoms with Gasteiger partial charge in [0, 0.05) is 11.6 Å². The Morgan fingerprint density at radius 3 is 3.17 bits per heavy atom. The van der Waals surface area contributed by atoms with E-state index in [-0.39, 0.29) is 5.78 Å². The van der Waals surface area contributed by atoms with E-state index in [9.17, 15) is 4.79 Å². The topological polar surface area (TPSA) is 30.0 Å². The van der Waals surface area contributed by atoms with Crippen LogP contribution in [0, 0.1) is 0 Å². The van der Waals surface area contributed by atoms with Crippen LogP contribution in [0.2, 0.25) is 0 Å². The van der Waals surface area contributed by atoms with Gasteiger partial charge in [0.1, 0.15) is 5.01 Å². The minimum absolute atomic E-state index is 0.131. The molecule has 1 aromatic heterocycles. The fourth-order valence-corrected chi connectivity index (χ4v) is 1.42. The molecule has 0 aromatic carbocycles. The fraction of sp³-hybridized carbons (Fsp3) is 0.333. The van der Waals surface area contributed by atoms with Gasteiger partial charge in [0.05, 0.1) is 6.42 Å². The number of hydrogen-bond donors (Lipinski definition) is 0. The van der Waals surface area contributed by atoms with Crippen molar-refractivity contribution in [2.24, 2.45) is 0 Å². The summed E-state index contributed by atoms with van der Waals surface area (Å²) < 4.78 is 0. The third-order valence-electron chi connectivity index (χ3n) is 1.35. The van der Waals surface area contributed by atoms with Gasteiger partial charge in [-0.15, -0.1) is 11.3 Å². The Bertz CT molecular complexity index is 264. The minimum atomic E-state index is 0.131. The second kappa shape index (κ2) is 4.83. The minimum Gasteiger partial charge on any atom is -0.294 e. The highest BCUT2D eigenvalue weighted by Gasteiger charge is 2.00. The molecule has 0 aliphatic rings. The van der Waals surface area contributed by atoms with Crippen LogP contribution in [0.5, 0.6) is 0 Å². The Morgan fingerprint density at radius 1 is 1.75 bits per heavy atom. The van der Waals surface area contributed by atoms with Crippen LogP contribution < -0.4 is 0 Å². The number of carbonyl (C=O) groups is 1. The van der Waals surface area contributed by atoms with Crippen molar-refractivity contribution in [2.45, 2.75) is 19.8 Å². The molecule has 2 nitrogen and oxygen atoms in total. The molecule has 0 amide bonds. The molecule has 1 aromatic rings. The smallest absolute Gasteiger partial charge is 0.162 e. The highest BCUT2D eigenvalue weighted by Crippen LogP contribution is 2.05. The van der Waals surface area contributed by atoms with Gasteiger partial charge in [0.25, 0.3) is 0 Å². The normalized spacial score (nSPS) is 10.8. The molecule has 3 heteroatoms. The van der Waals surface area contributed by atoms with Gasteiger partial charge >= 0.3 is 0 Å². The van der Waals surface area contributed by atoms with Gasteiger partial charge in [0.2, 0.25) is 0 Å². The van der Waals surface area contributed by atoms with E-state index >= 15 is 0 Å². The van der Waals surface area contributed by atoms with Crippen molar-refractivity contribution in [1.29, 1.82) is 0 Å². The molecule has 64 valence electrons. The van der Waals surface area contributed by atoms with Crippen LogP contribution in [-0.2, 0) is 11.2 Å². The highest BCUT2D eigenvalue weighted by atomic mass is 32.1. The van der Waals surface area contributed by atoms with Crippen molar-refractivity contribution in [2.75, 3.05) is 0 Å². The zero-order chi connectivity index (χ0) is 8.81. The lowest BCUT2D eigenvalue weighted by atomic mass is 10.2. The van der Waals surface area contributed by atoms with Gasteiger partial charge in [-0.1, -0.05) is 13.0 Å².